The third-order valence-corrected chi connectivity index (χ3v) is 9.06. The summed E-state index contributed by atoms with van der Waals surface area (Å²) in [5, 5.41) is 17.8. The number of ether oxygens (including phenoxy) is 1. The van der Waals surface area contributed by atoms with Gasteiger partial charge in [-0.3, -0.25) is 0 Å². The number of allylic oxidation sites excluding steroid dienone is 1. The number of anilines is 2. The monoisotopic (exact) mass is 606 g/mol. The molecule has 2 heterocycles. The van der Waals surface area contributed by atoms with E-state index in [4.69, 9.17) is 10.5 Å². The van der Waals surface area contributed by atoms with Gasteiger partial charge in [-0.2, -0.15) is 4.98 Å². The number of para-hydroxylation sites is 1. The van der Waals surface area contributed by atoms with Crippen LogP contribution in [0.3, 0.4) is 0 Å². The number of aliphatic hydroxyl groups is 1. The Balaban J connectivity index is 1.50. The summed E-state index contributed by atoms with van der Waals surface area (Å²) in [6, 6.07) is 14.6. The van der Waals surface area contributed by atoms with Gasteiger partial charge in [-0.1, -0.05) is 43.7 Å². The molecule has 1 aliphatic carbocycles. The Labute approximate surface area is 253 Å². The van der Waals surface area contributed by atoms with Crippen LogP contribution in [-0.2, 0) is 16.4 Å². The van der Waals surface area contributed by atoms with E-state index in [9.17, 15) is 13.5 Å². The van der Waals surface area contributed by atoms with Crippen molar-refractivity contribution in [2.45, 2.75) is 57.7 Å². The lowest BCUT2D eigenvalue weighted by atomic mass is 9.90. The van der Waals surface area contributed by atoms with Gasteiger partial charge in [0.25, 0.3) is 0 Å². The fraction of sp³-hybridized carbons (Fsp3) is 0.438. The molecular formula is C32H42N6O4S. The first-order valence-corrected chi connectivity index (χ1v) is 17.0. The highest BCUT2D eigenvalue weighted by molar-refractivity contribution is 7.90. The first-order chi connectivity index (χ1) is 20.7. The highest BCUT2D eigenvalue weighted by Crippen LogP contribution is 2.36. The van der Waals surface area contributed by atoms with Gasteiger partial charge in [-0.05, 0) is 55.0 Å². The fourth-order valence-corrected chi connectivity index (χ4v) is 6.45. The third-order valence-electron chi connectivity index (χ3n) is 8.12. The van der Waals surface area contributed by atoms with Gasteiger partial charge in [0.05, 0.1) is 37.6 Å². The maximum atomic E-state index is 11.5. The Hall–Kier alpha value is -3.67. The molecule has 5 rings (SSSR count). The molecule has 2 aromatic carbocycles. The lowest BCUT2D eigenvalue weighted by molar-refractivity contribution is 0.268. The number of rotatable bonds is 13. The molecule has 2 atom stereocenters. The zero-order valence-electron chi connectivity index (χ0n) is 25.1. The Morgan fingerprint density at radius 1 is 1.21 bits per heavy atom. The van der Waals surface area contributed by atoms with Crippen molar-refractivity contribution >= 4 is 49.1 Å². The zero-order valence-corrected chi connectivity index (χ0v) is 26.0. The molecule has 43 heavy (non-hydrogen) atoms. The van der Waals surface area contributed by atoms with Crippen LogP contribution in [0.1, 0.15) is 50.2 Å². The van der Waals surface area contributed by atoms with Crippen molar-refractivity contribution in [2.24, 2.45) is 0 Å². The summed E-state index contributed by atoms with van der Waals surface area (Å²) in [6.45, 7) is 3.06. The van der Waals surface area contributed by atoms with Crippen LogP contribution in [0.2, 0.25) is 0 Å². The van der Waals surface area contributed by atoms with E-state index >= 15 is 0 Å². The van der Waals surface area contributed by atoms with Crippen LogP contribution in [0.15, 0.2) is 48.5 Å². The molecule has 4 aromatic rings. The molecule has 0 amide bonds. The van der Waals surface area contributed by atoms with Crippen molar-refractivity contribution in [3.05, 3.63) is 59.7 Å². The maximum absolute atomic E-state index is 11.5. The van der Waals surface area contributed by atoms with Crippen molar-refractivity contribution in [3.8, 4) is 5.75 Å². The quantitative estimate of drug-likeness (QED) is 0.174. The van der Waals surface area contributed by atoms with Gasteiger partial charge in [-0.25, -0.2) is 13.4 Å². The van der Waals surface area contributed by atoms with Gasteiger partial charge >= 0.3 is 0 Å². The summed E-state index contributed by atoms with van der Waals surface area (Å²) in [4.78, 5) is 9.23. The largest absolute Gasteiger partial charge is 0.496 e. The molecule has 1 unspecified atom stereocenters. The lowest BCUT2D eigenvalue weighted by Gasteiger charge is -2.24. The number of fused-ring (bicyclic) bond motifs is 3. The van der Waals surface area contributed by atoms with Crippen LogP contribution in [0.5, 0.6) is 5.75 Å². The smallest absolute Gasteiger partial charge is 0.222 e. The molecule has 0 fully saturated rings. The summed E-state index contributed by atoms with van der Waals surface area (Å²) >= 11 is 0. The van der Waals surface area contributed by atoms with Gasteiger partial charge < -0.3 is 30.8 Å². The van der Waals surface area contributed by atoms with Crippen molar-refractivity contribution in [2.75, 3.05) is 43.3 Å². The Morgan fingerprint density at radius 2 is 2.02 bits per heavy atom. The van der Waals surface area contributed by atoms with Gasteiger partial charge in [0, 0.05) is 29.8 Å². The van der Waals surface area contributed by atoms with E-state index in [0.29, 0.717) is 18.9 Å². The molecule has 0 bridgehead atoms. The Bertz CT molecular complexity index is 1730. The van der Waals surface area contributed by atoms with Crippen molar-refractivity contribution < 1.29 is 18.3 Å². The first kappa shape index (κ1) is 30.8. The lowest BCUT2D eigenvalue weighted by Crippen LogP contribution is -2.33. The van der Waals surface area contributed by atoms with E-state index in [1.807, 2.05) is 24.3 Å². The number of benzene rings is 2. The molecule has 1 aliphatic rings. The van der Waals surface area contributed by atoms with Crippen LogP contribution in [0, 0.1) is 0 Å². The van der Waals surface area contributed by atoms with Crippen LogP contribution in [-0.4, -0.2) is 72.4 Å². The zero-order chi connectivity index (χ0) is 30.6. The normalized spacial score (nSPS) is 16.4. The van der Waals surface area contributed by atoms with Crippen molar-refractivity contribution in [3.63, 3.8) is 0 Å². The molecule has 230 valence electrons. The number of nitrogen functional groups attached to an aromatic ring is 1. The van der Waals surface area contributed by atoms with Crippen molar-refractivity contribution in [1.82, 2.24) is 19.9 Å². The molecule has 0 saturated heterocycles. The third kappa shape index (κ3) is 7.11. The Kier molecular flexibility index (Phi) is 9.53. The number of nitrogens with zero attached hydrogens (tertiary/aromatic N) is 3. The summed E-state index contributed by atoms with van der Waals surface area (Å²) < 4.78 is 31.0. The molecule has 0 aliphatic heterocycles. The maximum Gasteiger partial charge on any atom is 0.222 e. The number of sulfone groups is 1. The van der Waals surface area contributed by atoms with Crippen LogP contribution in [0.25, 0.3) is 27.5 Å². The molecular weight excluding hydrogens is 564 g/mol. The fourth-order valence-electron chi connectivity index (χ4n) is 5.96. The molecule has 5 N–H and O–H groups in total. The molecule has 11 heteroatoms. The number of aromatic nitrogens is 3. The van der Waals surface area contributed by atoms with Crippen LogP contribution < -0.4 is 21.1 Å². The second-order valence-electron chi connectivity index (χ2n) is 11.4. The molecule has 0 radical (unpaired) electrons. The minimum Gasteiger partial charge on any atom is -0.496 e. The second kappa shape index (κ2) is 13.3. The van der Waals surface area contributed by atoms with Gasteiger partial charge in [-0.15, -0.1) is 0 Å². The van der Waals surface area contributed by atoms with E-state index in [1.165, 1.54) is 11.8 Å². The standard InChI is InChI=1S/C32H42N6O4S/c1-4-7-25(20-39)35-31-30-29(36-32(33)37-31)26-8-5-6-9-27(26)38(30)19-23-18-22(12-15-28(23)42-2)21-10-13-24(14-11-21)34-16-17-43(3,40)41/h5-6,8-10,12,15,18,24-25,34,39H,4,7,11,13-14,16-17,19-20H2,1-3H3,(H3,33,35,36,37)/t24?,25-/m0/s1. The first-order valence-electron chi connectivity index (χ1n) is 14.9. The highest BCUT2D eigenvalue weighted by Gasteiger charge is 2.22. The highest BCUT2D eigenvalue weighted by atomic mass is 32.2. The number of hydrogen-bond donors (Lipinski definition) is 4. The van der Waals surface area contributed by atoms with E-state index in [2.05, 4.69) is 56.4 Å². The van der Waals surface area contributed by atoms with Gasteiger partial charge in [0.1, 0.15) is 26.6 Å². The van der Waals surface area contributed by atoms with E-state index in [-0.39, 0.29) is 30.4 Å². The SMILES string of the molecule is CCC[C@@H](CO)Nc1nc(N)nc2c3ccccc3n(Cc3cc(C4=CCC(NCCS(C)(=O)=O)CC4)ccc3OC)c12. The summed E-state index contributed by atoms with van der Waals surface area (Å²) in [5.41, 5.74) is 12.2. The number of aliphatic hydroxyl groups excluding tert-OH is 1. The van der Waals surface area contributed by atoms with Crippen LogP contribution >= 0.6 is 0 Å². The summed E-state index contributed by atoms with van der Waals surface area (Å²) in [7, 11) is -1.29. The molecule has 0 spiro atoms. The predicted molar refractivity (Wildman–Crippen MR) is 174 cm³/mol. The van der Waals surface area contributed by atoms with E-state index < -0.39 is 9.84 Å². The number of nitrogens with one attached hydrogen (secondary N) is 2. The number of methoxy groups -OCH3 is 1. The number of nitrogens with two attached hydrogens (primary N) is 1. The minimum absolute atomic E-state index is 0.0153. The van der Waals surface area contributed by atoms with Crippen LogP contribution in [0.4, 0.5) is 11.8 Å². The average molecular weight is 607 g/mol. The summed E-state index contributed by atoms with van der Waals surface area (Å²) in [6.07, 6.45) is 7.94. The van der Waals surface area contributed by atoms with Gasteiger partial charge in [0.15, 0.2) is 5.82 Å². The summed E-state index contributed by atoms with van der Waals surface area (Å²) in [5.74, 6) is 1.72. The average Bonchev–Trinajstić information content (AvgIpc) is 3.29. The van der Waals surface area contributed by atoms with E-state index in [1.54, 1.807) is 7.11 Å². The topological polar surface area (TPSA) is 144 Å². The molecule has 10 nitrogen and oxygen atoms in total. The second-order valence-corrected chi connectivity index (χ2v) is 13.6. The minimum atomic E-state index is -2.98. The van der Waals surface area contributed by atoms with Gasteiger partial charge in [0.2, 0.25) is 5.95 Å². The van der Waals surface area contributed by atoms with Crippen molar-refractivity contribution in [1.29, 1.82) is 0 Å². The predicted octanol–water partition coefficient (Wildman–Crippen LogP) is 4.37. The Morgan fingerprint density at radius 3 is 2.72 bits per heavy atom. The molecule has 2 aromatic heterocycles. The van der Waals surface area contributed by atoms with E-state index in [0.717, 1.165) is 70.9 Å². The molecule has 0 saturated carbocycles. The number of hydrogen-bond acceptors (Lipinski definition) is 9.